The average molecular weight is 300 g/mol. The second-order valence-corrected chi connectivity index (χ2v) is 5.38. The molecular weight excluding hydrogens is 284 g/mol. The number of aromatic nitrogens is 2. The minimum absolute atomic E-state index is 0.0299. The normalized spacial score (nSPS) is 11.5. The van der Waals surface area contributed by atoms with Crippen LogP contribution in [0.4, 0.5) is 0 Å². The standard InChI is InChI=1S/C16H16N2O2S/c1-10-6-4-5-7-13(10)11(2)8-12-9-17-16(21-3)18-14(12)15(19)20/h4-9H,1-3H3,(H,19,20)/b11-8+. The molecule has 1 aromatic carbocycles. The van der Waals surface area contributed by atoms with Gasteiger partial charge in [0.2, 0.25) is 0 Å². The highest BCUT2D eigenvalue weighted by Crippen LogP contribution is 2.22. The van der Waals surface area contributed by atoms with Crippen molar-refractivity contribution < 1.29 is 9.90 Å². The molecule has 0 spiro atoms. The zero-order valence-corrected chi connectivity index (χ0v) is 12.9. The lowest BCUT2D eigenvalue weighted by molar-refractivity contribution is 0.0689. The lowest BCUT2D eigenvalue weighted by Crippen LogP contribution is -2.05. The first-order chi connectivity index (χ1) is 10.0. The van der Waals surface area contributed by atoms with Gasteiger partial charge in [0.1, 0.15) is 0 Å². The highest BCUT2D eigenvalue weighted by Gasteiger charge is 2.13. The number of carboxylic acid groups (broad SMARTS) is 1. The number of thioether (sulfide) groups is 1. The molecule has 0 saturated carbocycles. The van der Waals surface area contributed by atoms with Crippen molar-refractivity contribution in [2.75, 3.05) is 6.26 Å². The highest BCUT2D eigenvalue weighted by molar-refractivity contribution is 7.98. The van der Waals surface area contributed by atoms with Gasteiger partial charge in [-0.05, 0) is 42.9 Å². The van der Waals surface area contributed by atoms with E-state index in [1.54, 1.807) is 6.20 Å². The summed E-state index contributed by atoms with van der Waals surface area (Å²) in [4.78, 5) is 19.6. The summed E-state index contributed by atoms with van der Waals surface area (Å²) in [5.74, 6) is -1.04. The molecule has 1 N–H and O–H groups in total. The topological polar surface area (TPSA) is 63.1 Å². The minimum Gasteiger partial charge on any atom is -0.476 e. The van der Waals surface area contributed by atoms with E-state index in [4.69, 9.17) is 0 Å². The zero-order valence-electron chi connectivity index (χ0n) is 12.1. The summed E-state index contributed by atoms with van der Waals surface area (Å²) in [7, 11) is 0. The lowest BCUT2D eigenvalue weighted by Gasteiger charge is -2.07. The summed E-state index contributed by atoms with van der Waals surface area (Å²) in [6.07, 6.45) is 5.19. The van der Waals surface area contributed by atoms with Gasteiger partial charge in [-0.15, -0.1) is 0 Å². The van der Waals surface area contributed by atoms with Crippen molar-refractivity contribution in [2.45, 2.75) is 19.0 Å². The highest BCUT2D eigenvalue weighted by atomic mass is 32.2. The number of carboxylic acids is 1. The van der Waals surface area contributed by atoms with Crippen LogP contribution < -0.4 is 0 Å². The summed E-state index contributed by atoms with van der Waals surface area (Å²) in [6, 6.07) is 7.98. The van der Waals surface area contributed by atoms with Crippen LogP contribution in [0.25, 0.3) is 11.6 Å². The summed E-state index contributed by atoms with van der Waals surface area (Å²) in [5.41, 5.74) is 3.76. The number of aromatic carboxylic acids is 1. The van der Waals surface area contributed by atoms with E-state index in [2.05, 4.69) is 9.97 Å². The van der Waals surface area contributed by atoms with E-state index in [1.807, 2.05) is 50.4 Å². The first-order valence-corrected chi connectivity index (χ1v) is 7.64. The van der Waals surface area contributed by atoms with Gasteiger partial charge in [0.25, 0.3) is 0 Å². The molecule has 5 heteroatoms. The lowest BCUT2D eigenvalue weighted by atomic mass is 10.00. The summed E-state index contributed by atoms with van der Waals surface area (Å²) >= 11 is 1.32. The molecule has 21 heavy (non-hydrogen) atoms. The fourth-order valence-electron chi connectivity index (χ4n) is 2.08. The molecule has 0 aliphatic rings. The van der Waals surface area contributed by atoms with Gasteiger partial charge < -0.3 is 5.11 Å². The number of carbonyl (C=O) groups is 1. The maximum Gasteiger partial charge on any atom is 0.355 e. The van der Waals surface area contributed by atoms with Crippen molar-refractivity contribution in [3.05, 3.63) is 52.8 Å². The second kappa shape index (κ2) is 6.54. The summed E-state index contributed by atoms with van der Waals surface area (Å²) in [5, 5.41) is 9.75. The Labute approximate surface area is 128 Å². The van der Waals surface area contributed by atoms with Gasteiger partial charge >= 0.3 is 5.97 Å². The maximum atomic E-state index is 11.3. The van der Waals surface area contributed by atoms with Crippen LogP contribution in [-0.4, -0.2) is 27.3 Å². The van der Waals surface area contributed by atoms with Crippen LogP contribution >= 0.6 is 11.8 Å². The first kappa shape index (κ1) is 15.3. The van der Waals surface area contributed by atoms with E-state index in [-0.39, 0.29) is 5.69 Å². The van der Waals surface area contributed by atoms with E-state index in [1.165, 1.54) is 11.8 Å². The SMILES string of the molecule is CSc1ncc(/C=C(\C)c2ccccc2C)c(C(=O)O)n1. The molecule has 0 bridgehead atoms. The first-order valence-electron chi connectivity index (χ1n) is 6.41. The third-order valence-electron chi connectivity index (χ3n) is 3.12. The number of rotatable bonds is 4. The quantitative estimate of drug-likeness (QED) is 0.688. The molecule has 1 aromatic heterocycles. The van der Waals surface area contributed by atoms with Crippen LogP contribution in [0, 0.1) is 6.92 Å². The van der Waals surface area contributed by atoms with Crippen LogP contribution in [0.15, 0.2) is 35.6 Å². The van der Waals surface area contributed by atoms with Crippen molar-refractivity contribution in [3.8, 4) is 0 Å². The predicted molar refractivity (Wildman–Crippen MR) is 85.5 cm³/mol. The van der Waals surface area contributed by atoms with Gasteiger partial charge in [-0.2, -0.15) is 0 Å². The van der Waals surface area contributed by atoms with Crippen molar-refractivity contribution in [3.63, 3.8) is 0 Å². The Balaban J connectivity index is 2.49. The molecule has 0 radical (unpaired) electrons. The van der Waals surface area contributed by atoms with Gasteiger partial charge in [-0.1, -0.05) is 36.0 Å². The van der Waals surface area contributed by atoms with Gasteiger partial charge in [0.15, 0.2) is 10.9 Å². The molecule has 1 heterocycles. The Bertz CT molecular complexity index is 711. The molecule has 0 amide bonds. The number of hydrogen-bond donors (Lipinski definition) is 1. The number of benzene rings is 1. The molecular formula is C16H16N2O2S. The van der Waals surface area contributed by atoms with E-state index >= 15 is 0 Å². The number of nitrogens with zero attached hydrogens (tertiary/aromatic N) is 2. The molecule has 0 fully saturated rings. The van der Waals surface area contributed by atoms with Crippen LogP contribution in [0.1, 0.15) is 34.1 Å². The molecule has 0 saturated heterocycles. The summed E-state index contributed by atoms with van der Waals surface area (Å²) < 4.78 is 0. The molecule has 0 atom stereocenters. The second-order valence-electron chi connectivity index (χ2n) is 4.61. The van der Waals surface area contributed by atoms with Crippen LogP contribution in [0.2, 0.25) is 0 Å². The monoisotopic (exact) mass is 300 g/mol. The Kier molecular flexibility index (Phi) is 4.75. The average Bonchev–Trinajstić information content (AvgIpc) is 2.47. The van der Waals surface area contributed by atoms with Gasteiger partial charge in [-0.25, -0.2) is 14.8 Å². The number of hydrogen-bond acceptors (Lipinski definition) is 4. The Morgan fingerprint density at radius 1 is 1.33 bits per heavy atom. The molecule has 0 aliphatic heterocycles. The maximum absolute atomic E-state index is 11.3. The van der Waals surface area contributed by atoms with Crippen molar-refractivity contribution in [1.82, 2.24) is 9.97 Å². The van der Waals surface area contributed by atoms with Crippen LogP contribution in [0.5, 0.6) is 0 Å². The molecule has 4 nitrogen and oxygen atoms in total. The molecule has 0 aliphatic carbocycles. The Hall–Kier alpha value is -2.14. The minimum atomic E-state index is -1.04. The number of allylic oxidation sites excluding steroid dienone is 1. The number of aryl methyl sites for hydroxylation is 1. The van der Waals surface area contributed by atoms with Crippen molar-refractivity contribution >= 4 is 29.4 Å². The smallest absolute Gasteiger partial charge is 0.355 e. The molecule has 108 valence electrons. The fraction of sp³-hybridized carbons (Fsp3) is 0.188. The van der Waals surface area contributed by atoms with Crippen LogP contribution in [-0.2, 0) is 0 Å². The van der Waals surface area contributed by atoms with E-state index in [0.717, 1.165) is 16.7 Å². The Morgan fingerprint density at radius 3 is 2.67 bits per heavy atom. The molecule has 0 unspecified atom stereocenters. The van der Waals surface area contributed by atoms with Gasteiger partial charge in [0, 0.05) is 11.8 Å². The Morgan fingerprint density at radius 2 is 2.05 bits per heavy atom. The van der Waals surface area contributed by atoms with Gasteiger partial charge in [-0.3, -0.25) is 0 Å². The third-order valence-corrected chi connectivity index (χ3v) is 3.68. The van der Waals surface area contributed by atoms with Gasteiger partial charge in [0.05, 0.1) is 0 Å². The zero-order chi connectivity index (χ0) is 15.4. The van der Waals surface area contributed by atoms with E-state index in [0.29, 0.717) is 10.7 Å². The molecule has 2 aromatic rings. The van der Waals surface area contributed by atoms with E-state index in [9.17, 15) is 9.90 Å². The third kappa shape index (κ3) is 3.49. The summed E-state index contributed by atoms with van der Waals surface area (Å²) in [6.45, 7) is 3.98. The van der Waals surface area contributed by atoms with E-state index < -0.39 is 5.97 Å². The molecule has 2 rings (SSSR count). The van der Waals surface area contributed by atoms with Crippen molar-refractivity contribution in [2.24, 2.45) is 0 Å². The predicted octanol–water partition coefficient (Wildman–Crippen LogP) is 3.77. The van der Waals surface area contributed by atoms with Crippen molar-refractivity contribution in [1.29, 1.82) is 0 Å². The largest absolute Gasteiger partial charge is 0.476 e. The van der Waals surface area contributed by atoms with Crippen LogP contribution in [0.3, 0.4) is 0 Å². The fourth-order valence-corrected chi connectivity index (χ4v) is 2.42.